The van der Waals surface area contributed by atoms with Crippen LogP contribution in [0.4, 0.5) is 25.8 Å². The molecule has 0 atom stereocenters. The van der Waals surface area contributed by atoms with Crippen molar-refractivity contribution in [2.45, 2.75) is 25.8 Å². The molecule has 0 amide bonds. The standard InChI is InChI=1S/C25H22F2IN5O4S/c1-3-38(36,37)31-15-6-4-5-13(11-15)21-23-19(24(34)33(30-21)16-8-9-16)22(20(27)25(35)32(23)2)29-18-10-7-14(28)12-17(18)26/h4-7,10-12,16,29,31H,3,8-9H2,1-2H3. The summed E-state index contributed by atoms with van der Waals surface area (Å²) in [6, 6.07) is 10.4. The number of nitrogens with zero attached hydrogens (tertiary/aromatic N) is 3. The van der Waals surface area contributed by atoms with Gasteiger partial charge in [0, 0.05) is 21.9 Å². The van der Waals surface area contributed by atoms with E-state index in [1.54, 1.807) is 24.3 Å². The first-order valence-electron chi connectivity index (χ1n) is 11.7. The fraction of sp³-hybridized carbons (Fsp3) is 0.240. The van der Waals surface area contributed by atoms with Crippen LogP contribution in [0.2, 0.25) is 0 Å². The van der Waals surface area contributed by atoms with Crippen molar-refractivity contribution in [3.63, 3.8) is 0 Å². The molecule has 38 heavy (non-hydrogen) atoms. The molecule has 1 aliphatic rings. The average molecular weight is 653 g/mol. The summed E-state index contributed by atoms with van der Waals surface area (Å²) in [6.45, 7) is 1.50. The number of fused-ring (bicyclic) bond motifs is 1. The van der Waals surface area contributed by atoms with Crippen LogP contribution in [-0.2, 0) is 17.1 Å². The van der Waals surface area contributed by atoms with Gasteiger partial charge in [0.25, 0.3) is 11.1 Å². The summed E-state index contributed by atoms with van der Waals surface area (Å²) < 4.78 is 59.8. The van der Waals surface area contributed by atoms with Gasteiger partial charge in [-0.3, -0.25) is 14.3 Å². The van der Waals surface area contributed by atoms with Crippen LogP contribution < -0.4 is 21.2 Å². The second-order valence-corrected chi connectivity index (χ2v) is 12.2. The molecule has 5 rings (SSSR count). The summed E-state index contributed by atoms with van der Waals surface area (Å²) in [5, 5.41) is 7.01. The van der Waals surface area contributed by atoms with E-state index in [4.69, 9.17) is 0 Å². The summed E-state index contributed by atoms with van der Waals surface area (Å²) in [7, 11) is -2.26. The summed E-state index contributed by atoms with van der Waals surface area (Å²) in [5.74, 6) is -2.06. The van der Waals surface area contributed by atoms with Gasteiger partial charge in [-0.2, -0.15) is 9.49 Å². The van der Waals surface area contributed by atoms with Crippen LogP contribution in [0.3, 0.4) is 0 Å². The maximum atomic E-state index is 15.5. The number of aromatic nitrogens is 3. The van der Waals surface area contributed by atoms with Gasteiger partial charge in [0.2, 0.25) is 15.8 Å². The van der Waals surface area contributed by atoms with Crippen LogP contribution in [0.25, 0.3) is 22.2 Å². The fourth-order valence-electron chi connectivity index (χ4n) is 4.14. The van der Waals surface area contributed by atoms with Crippen molar-refractivity contribution in [2.24, 2.45) is 7.05 Å². The number of rotatable bonds is 7. The molecule has 9 nitrogen and oxygen atoms in total. The van der Waals surface area contributed by atoms with Gasteiger partial charge >= 0.3 is 0 Å². The summed E-state index contributed by atoms with van der Waals surface area (Å²) in [4.78, 5) is 26.6. The van der Waals surface area contributed by atoms with Gasteiger partial charge in [-0.25, -0.2) is 17.5 Å². The topological polar surface area (TPSA) is 115 Å². The third-order valence-corrected chi connectivity index (χ3v) is 8.24. The van der Waals surface area contributed by atoms with Gasteiger partial charge in [0.1, 0.15) is 11.5 Å². The number of nitrogens with one attached hydrogen (secondary N) is 2. The molecule has 0 aliphatic heterocycles. The molecule has 13 heteroatoms. The van der Waals surface area contributed by atoms with E-state index in [9.17, 15) is 22.4 Å². The first-order valence-corrected chi connectivity index (χ1v) is 14.4. The molecular formula is C25H22F2IN5O4S. The molecule has 1 saturated carbocycles. The Morgan fingerprint density at radius 1 is 1.11 bits per heavy atom. The SMILES string of the molecule is CCS(=O)(=O)Nc1cccc(-c2nn(C3CC3)c(=O)c3c(Nc4ccc(I)cc4F)c(F)c(=O)n(C)c23)c1. The Hall–Kier alpha value is -3.33. The lowest BCUT2D eigenvalue weighted by Crippen LogP contribution is -2.30. The minimum Gasteiger partial charge on any atom is -0.350 e. The van der Waals surface area contributed by atoms with Gasteiger partial charge in [-0.15, -0.1) is 0 Å². The van der Waals surface area contributed by atoms with Crippen molar-refractivity contribution in [3.05, 3.63) is 78.4 Å². The van der Waals surface area contributed by atoms with Gasteiger partial charge in [-0.05, 0) is 72.7 Å². The van der Waals surface area contributed by atoms with E-state index >= 15 is 4.39 Å². The number of anilines is 3. The van der Waals surface area contributed by atoms with E-state index in [-0.39, 0.29) is 39.8 Å². The maximum Gasteiger partial charge on any atom is 0.289 e. The lowest BCUT2D eigenvalue weighted by Gasteiger charge is -2.18. The Morgan fingerprint density at radius 2 is 1.84 bits per heavy atom. The minimum atomic E-state index is -3.58. The normalized spacial score (nSPS) is 13.6. The minimum absolute atomic E-state index is 0.0298. The second kappa shape index (κ2) is 9.76. The van der Waals surface area contributed by atoms with Crippen LogP contribution in [-0.4, -0.2) is 28.5 Å². The molecule has 0 saturated heterocycles. The van der Waals surface area contributed by atoms with Crippen molar-refractivity contribution < 1.29 is 17.2 Å². The van der Waals surface area contributed by atoms with E-state index < -0.39 is 38.5 Å². The van der Waals surface area contributed by atoms with Crippen LogP contribution in [0.5, 0.6) is 0 Å². The Balaban J connectivity index is 1.82. The van der Waals surface area contributed by atoms with Crippen molar-refractivity contribution in [1.82, 2.24) is 14.3 Å². The zero-order valence-corrected chi connectivity index (χ0v) is 23.2. The molecule has 1 fully saturated rings. The molecule has 2 N–H and O–H groups in total. The number of pyridine rings is 1. The Bertz CT molecular complexity index is 1830. The zero-order chi connectivity index (χ0) is 27.4. The van der Waals surface area contributed by atoms with Crippen molar-refractivity contribution in [1.29, 1.82) is 0 Å². The predicted molar refractivity (Wildman–Crippen MR) is 150 cm³/mol. The van der Waals surface area contributed by atoms with Crippen LogP contribution in [0, 0.1) is 15.2 Å². The third-order valence-electron chi connectivity index (χ3n) is 6.26. The molecule has 2 heterocycles. The lowest BCUT2D eigenvalue weighted by atomic mass is 10.1. The highest BCUT2D eigenvalue weighted by Gasteiger charge is 2.31. The number of benzene rings is 2. The summed E-state index contributed by atoms with van der Waals surface area (Å²) in [6.07, 6.45) is 1.38. The summed E-state index contributed by atoms with van der Waals surface area (Å²) in [5.41, 5.74) is -1.36. The maximum absolute atomic E-state index is 15.5. The van der Waals surface area contributed by atoms with Gasteiger partial charge in [-0.1, -0.05) is 12.1 Å². The number of hydrogen-bond acceptors (Lipinski definition) is 6. The van der Waals surface area contributed by atoms with Crippen LogP contribution >= 0.6 is 22.6 Å². The van der Waals surface area contributed by atoms with Gasteiger partial charge in [0.05, 0.1) is 34.1 Å². The highest BCUT2D eigenvalue weighted by atomic mass is 127. The average Bonchev–Trinajstić information content (AvgIpc) is 3.72. The Kier molecular flexibility index (Phi) is 6.75. The number of aryl methyl sites for hydroxylation is 1. The van der Waals surface area contributed by atoms with Crippen LogP contribution in [0.15, 0.2) is 52.1 Å². The molecule has 198 valence electrons. The van der Waals surface area contributed by atoms with E-state index in [1.165, 1.54) is 36.9 Å². The molecule has 0 unspecified atom stereocenters. The quantitative estimate of drug-likeness (QED) is 0.285. The van der Waals surface area contributed by atoms with E-state index in [0.717, 1.165) is 4.57 Å². The van der Waals surface area contributed by atoms with Crippen LogP contribution in [0.1, 0.15) is 25.8 Å². The number of hydrogen-bond donors (Lipinski definition) is 2. The predicted octanol–water partition coefficient (Wildman–Crippen LogP) is 4.49. The first-order chi connectivity index (χ1) is 18.0. The largest absolute Gasteiger partial charge is 0.350 e. The van der Waals surface area contributed by atoms with Gasteiger partial charge in [0.15, 0.2) is 0 Å². The number of halogens is 3. The van der Waals surface area contributed by atoms with E-state index in [1.807, 2.05) is 22.6 Å². The van der Waals surface area contributed by atoms with Crippen molar-refractivity contribution in [2.75, 3.05) is 15.8 Å². The summed E-state index contributed by atoms with van der Waals surface area (Å²) >= 11 is 1.93. The first kappa shape index (κ1) is 26.3. The third kappa shape index (κ3) is 4.79. The highest BCUT2D eigenvalue weighted by molar-refractivity contribution is 14.1. The molecule has 0 radical (unpaired) electrons. The molecule has 2 aromatic carbocycles. The molecule has 2 aromatic heterocycles. The fourth-order valence-corrected chi connectivity index (χ4v) is 5.22. The van der Waals surface area contributed by atoms with Crippen molar-refractivity contribution >= 4 is 60.6 Å². The highest BCUT2D eigenvalue weighted by Crippen LogP contribution is 2.37. The monoisotopic (exact) mass is 653 g/mol. The van der Waals surface area contributed by atoms with E-state index in [0.29, 0.717) is 22.0 Å². The van der Waals surface area contributed by atoms with Crippen molar-refractivity contribution in [3.8, 4) is 11.3 Å². The van der Waals surface area contributed by atoms with Gasteiger partial charge < -0.3 is 9.88 Å². The molecule has 4 aromatic rings. The molecule has 0 spiro atoms. The molecular weight excluding hydrogens is 631 g/mol. The Morgan fingerprint density at radius 3 is 2.50 bits per heavy atom. The second-order valence-electron chi connectivity index (χ2n) is 8.94. The molecule has 1 aliphatic carbocycles. The zero-order valence-electron chi connectivity index (χ0n) is 20.3. The lowest BCUT2D eigenvalue weighted by molar-refractivity contribution is 0.590. The smallest absolute Gasteiger partial charge is 0.289 e. The number of sulfonamides is 1. The van der Waals surface area contributed by atoms with E-state index in [2.05, 4.69) is 15.1 Å². The molecule has 0 bridgehead atoms. The Labute approximate surface area is 229 Å².